The monoisotopic (exact) mass is 321 g/mol. The topological polar surface area (TPSA) is 86.3 Å². The van der Waals surface area contributed by atoms with Gasteiger partial charge in [-0.2, -0.15) is 0 Å². The third-order valence-electron chi connectivity index (χ3n) is 2.90. The fourth-order valence-electron chi connectivity index (χ4n) is 1.61. The molecule has 0 aliphatic carbocycles. The van der Waals surface area contributed by atoms with Gasteiger partial charge >= 0.3 is 14.8 Å². The largest absolute Gasteiger partial charge is 0.500 e. The van der Waals surface area contributed by atoms with Crippen LogP contribution in [0.4, 0.5) is 0 Å². The van der Waals surface area contributed by atoms with Crippen molar-refractivity contribution in [2.24, 2.45) is 0 Å². The van der Waals surface area contributed by atoms with E-state index in [2.05, 4.69) is 11.9 Å². The normalized spacial score (nSPS) is 13.0. The number of nitrogens with one attached hydrogen (secondary N) is 1. The SMILES string of the molecule is C=C(C)C(=O)OCC(O)CNCCC[Si](OC)(OC)OC. The van der Waals surface area contributed by atoms with E-state index in [1.165, 1.54) is 0 Å². The molecule has 1 atom stereocenters. The van der Waals surface area contributed by atoms with Gasteiger partial charge < -0.3 is 28.4 Å². The van der Waals surface area contributed by atoms with Gasteiger partial charge in [-0.15, -0.1) is 0 Å². The zero-order chi connectivity index (χ0) is 16.3. The minimum absolute atomic E-state index is 0.0500. The maximum atomic E-state index is 11.1. The Balaban J connectivity index is 3.75. The Morgan fingerprint density at radius 1 is 1.29 bits per heavy atom. The van der Waals surface area contributed by atoms with Crippen LogP contribution in [0.3, 0.4) is 0 Å². The highest BCUT2D eigenvalue weighted by atomic mass is 28.4. The summed E-state index contributed by atoms with van der Waals surface area (Å²) in [6.45, 7) is 5.99. The molecular weight excluding hydrogens is 294 g/mol. The molecule has 0 amide bonds. The number of rotatable bonds is 12. The molecule has 0 aromatic carbocycles. The third-order valence-corrected chi connectivity index (χ3v) is 5.74. The molecule has 124 valence electrons. The Labute approximate surface area is 127 Å². The molecule has 0 fully saturated rings. The number of carbonyl (C=O) groups is 1. The highest BCUT2D eigenvalue weighted by Crippen LogP contribution is 2.14. The zero-order valence-corrected chi connectivity index (χ0v) is 14.3. The first-order chi connectivity index (χ1) is 9.90. The Bertz CT molecular complexity index is 314. The predicted octanol–water partition coefficient (Wildman–Crippen LogP) is 0.324. The molecule has 0 heterocycles. The first kappa shape index (κ1) is 20.2. The lowest BCUT2D eigenvalue weighted by atomic mass is 10.3. The maximum Gasteiger partial charge on any atom is 0.500 e. The highest BCUT2D eigenvalue weighted by Gasteiger charge is 2.36. The molecule has 0 rings (SSSR count). The molecule has 21 heavy (non-hydrogen) atoms. The van der Waals surface area contributed by atoms with E-state index in [0.29, 0.717) is 24.7 Å². The molecule has 0 saturated heterocycles. The van der Waals surface area contributed by atoms with Gasteiger partial charge in [-0.1, -0.05) is 6.58 Å². The van der Waals surface area contributed by atoms with Crippen molar-refractivity contribution in [2.45, 2.75) is 25.5 Å². The lowest BCUT2D eigenvalue weighted by molar-refractivity contribution is -0.141. The van der Waals surface area contributed by atoms with Crippen LogP contribution in [0.1, 0.15) is 13.3 Å². The van der Waals surface area contributed by atoms with Crippen LogP contribution < -0.4 is 5.32 Å². The number of esters is 1. The quantitative estimate of drug-likeness (QED) is 0.232. The number of aliphatic hydroxyl groups is 1. The molecule has 0 aliphatic heterocycles. The summed E-state index contributed by atoms with van der Waals surface area (Å²) in [4.78, 5) is 11.1. The van der Waals surface area contributed by atoms with Crippen molar-refractivity contribution in [2.75, 3.05) is 41.0 Å². The van der Waals surface area contributed by atoms with Crippen LogP contribution in [0.25, 0.3) is 0 Å². The van der Waals surface area contributed by atoms with Gasteiger partial charge in [-0.3, -0.25) is 0 Å². The highest BCUT2D eigenvalue weighted by molar-refractivity contribution is 6.60. The van der Waals surface area contributed by atoms with Crippen LogP contribution in [0.2, 0.25) is 6.04 Å². The smallest absolute Gasteiger partial charge is 0.460 e. The van der Waals surface area contributed by atoms with E-state index in [0.717, 1.165) is 6.42 Å². The standard InChI is InChI=1S/C13H27NO6Si/c1-11(2)13(16)20-10-12(15)9-14-7-6-8-21(17-3,18-4)19-5/h12,14-15H,1,6-10H2,2-5H3. The van der Waals surface area contributed by atoms with Gasteiger partial charge in [-0.25, -0.2) is 4.79 Å². The van der Waals surface area contributed by atoms with E-state index in [-0.39, 0.29) is 6.61 Å². The Hall–Kier alpha value is -0.773. The Kier molecular flexibility index (Phi) is 10.5. The molecule has 7 nitrogen and oxygen atoms in total. The van der Waals surface area contributed by atoms with Crippen molar-refractivity contribution >= 4 is 14.8 Å². The van der Waals surface area contributed by atoms with Gasteiger partial charge in [0.1, 0.15) is 12.7 Å². The Morgan fingerprint density at radius 2 is 1.86 bits per heavy atom. The van der Waals surface area contributed by atoms with Crippen molar-refractivity contribution < 1.29 is 27.9 Å². The number of carbonyl (C=O) groups excluding carboxylic acids is 1. The summed E-state index contributed by atoms with van der Waals surface area (Å²) in [5.74, 6) is -0.495. The van der Waals surface area contributed by atoms with E-state index < -0.39 is 20.9 Å². The number of hydrogen-bond acceptors (Lipinski definition) is 7. The zero-order valence-electron chi connectivity index (χ0n) is 13.3. The summed E-state index contributed by atoms with van der Waals surface area (Å²) in [6.07, 6.45) is 0.0441. The molecule has 0 aromatic heterocycles. The minimum atomic E-state index is -2.52. The number of hydrogen-bond donors (Lipinski definition) is 2. The average Bonchev–Trinajstić information content (AvgIpc) is 2.49. The number of ether oxygens (including phenoxy) is 1. The second-order valence-corrected chi connectivity index (χ2v) is 7.73. The fourth-order valence-corrected chi connectivity index (χ4v) is 3.33. The summed E-state index contributed by atoms with van der Waals surface area (Å²) >= 11 is 0. The van der Waals surface area contributed by atoms with Crippen LogP contribution >= 0.6 is 0 Å². The van der Waals surface area contributed by atoms with E-state index in [1.54, 1.807) is 28.3 Å². The summed E-state index contributed by atoms with van der Waals surface area (Å²) < 4.78 is 20.8. The number of aliphatic hydroxyl groups excluding tert-OH is 1. The maximum absolute atomic E-state index is 11.1. The average molecular weight is 321 g/mol. The second-order valence-electron chi connectivity index (χ2n) is 4.64. The van der Waals surface area contributed by atoms with Gasteiger partial charge in [0.15, 0.2) is 0 Å². The van der Waals surface area contributed by atoms with Crippen molar-refractivity contribution in [3.8, 4) is 0 Å². The molecule has 0 spiro atoms. The molecule has 0 radical (unpaired) electrons. The van der Waals surface area contributed by atoms with Crippen molar-refractivity contribution in [3.05, 3.63) is 12.2 Å². The van der Waals surface area contributed by atoms with Crippen LogP contribution in [0, 0.1) is 0 Å². The van der Waals surface area contributed by atoms with Gasteiger partial charge in [0.2, 0.25) is 0 Å². The van der Waals surface area contributed by atoms with Crippen LogP contribution in [-0.4, -0.2) is 67.0 Å². The third kappa shape index (κ3) is 8.30. The molecule has 2 N–H and O–H groups in total. The van der Waals surface area contributed by atoms with Crippen molar-refractivity contribution in [3.63, 3.8) is 0 Å². The van der Waals surface area contributed by atoms with Gasteiger partial charge in [0.25, 0.3) is 0 Å². The van der Waals surface area contributed by atoms with E-state index in [9.17, 15) is 9.90 Å². The lowest BCUT2D eigenvalue weighted by Crippen LogP contribution is -2.43. The first-order valence-corrected chi connectivity index (χ1v) is 8.70. The molecule has 0 bridgehead atoms. The summed E-state index contributed by atoms with van der Waals surface area (Å²) in [5.41, 5.74) is 0.315. The lowest BCUT2D eigenvalue weighted by Gasteiger charge is -2.24. The van der Waals surface area contributed by atoms with Crippen LogP contribution in [0.5, 0.6) is 0 Å². The van der Waals surface area contributed by atoms with Crippen LogP contribution in [0.15, 0.2) is 12.2 Å². The fraction of sp³-hybridized carbons (Fsp3) is 0.769. The molecule has 1 unspecified atom stereocenters. The molecule has 0 aliphatic rings. The van der Waals surface area contributed by atoms with E-state index in [4.69, 9.17) is 18.0 Å². The molecule has 8 heteroatoms. The summed E-state index contributed by atoms with van der Waals surface area (Å²) in [6, 6.07) is 0.685. The van der Waals surface area contributed by atoms with Crippen molar-refractivity contribution in [1.82, 2.24) is 5.32 Å². The Morgan fingerprint density at radius 3 is 2.33 bits per heavy atom. The van der Waals surface area contributed by atoms with Crippen LogP contribution in [-0.2, 0) is 22.8 Å². The van der Waals surface area contributed by atoms with Gasteiger partial charge in [-0.05, 0) is 19.9 Å². The van der Waals surface area contributed by atoms with E-state index >= 15 is 0 Å². The molecule has 0 saturated carbocycles. The van der Waals surface area contributed by atoms with E-state index in [1.807, 2.05) is 0 Å². The minimum Gasteiger partial charge on any atom is -0.460 e. The molecule has 0 aromatic rings. The van der Waals surface area contributed by atoms with Crippen molar-refractivity contribution in [1.29, 1.82) is 0 Å². The second kappa shape index (κ2) is 10.9. The molecular formula is C13H27NO6Si. The predicted molar refractivity (Wildman–Crippen MR) is 80.9 cm³/mol. The van der Waals surface area contributed by atoms with Gasteiger partial charge in [0.05, 0.1) is 0 Å². The summed E-state index contributed by atoms with van der Waals surface area (Å²) in [5, 5.41) is 12.7. The summed E-state index contributed by atoms with van der Waals surface area (Å²) in [7, 11) is 2.21. The first-order valence-electron chi connectivity index (χ1n) is 6.77. The van der Waals surface area contributed by atoms with Gasteiger partial charge in [0, 0.05) is 39.5 Å².